The second-order valence-corrected chi connectivity index (χ2v) is 8.56. The third-order valence-electron chi connectivity index (χ3n) is 5.76. The summed E-state index contributed by atoms with van der Waals surface area (Å²) in [5, 5.41) is 19.7. The van der Waals surface area contributed by atoms with Gasteiger partial charge in [-0.25, -0.2) is 4.79 Å². The molecule has 0 saturated carbocycles. The van der Waals surface area contributed by atoms with Crippen molar-refractivity contribution in [2.24, 2.45) is 0 Å². The summed E-state index contributed by atoms with van der Waals surface area (Å²) in [6.07, 6.45) is 1.87. The van der Waals surface area contributed by atoms with Crippen molar-refractivity contribution in [3.63, 3.8) is 0 Å². The van der Waals surface area contributed by atoms with Crippen LogP contribution in [-0.2, 0) is 29.2 Å². The Hall–Kier alpha value is -3.65. The quantitative estimate of drug-likeness (QED) is 0.366. The molecule has 0 saturated heterocycles. The molecular formula is C26H30N4O4. The number of hydrogen-bond acceptors (Lipinski definition) is 5. The smallest absolute Gasteiger partial charge is 0.335 e. The highest BCUT2D eigenvalue weighted by molar-refractivity contribution is 5.84. The van der Waals surface area contributed by atoms with Gasteiger partial charge in [0.05, 0.1) is 42.9 Å². The standard InChI is InChI=1S/C26H30N4O4/c1-5-29-22-13-18(11-12-19(22)15-27-29)23-14-21(17-34-26(3,4)25(31)32)28-30(23)16-20-9-7-8-10-24(20)33-6-2/h7-15H,5-6,16-17H2,1-4H3,(H,31,32). The maximum atomic E-state index is 11.5. The Morgan fingerprint density at radius 3 is 2.62 bits per heavy atom. The normalized spacial score (nSPS) is 11.8. The number of hydrogen-bond donors (Lipinski definition) is 1. The summed E-state index contributed by atoms with van der Waals surface area (Å²) in [6.45, 7) is 9.02. The zero-order valence-electron chi connectivity index (χ0n) is 20.0. The Bertz CT molecular complexity index is 1310. The van der Waals surface area contributed by atoms with E-state index in [2.05, 4.69) is 30.2 Å². The van der Waals surface area contributed by atoms with Crippen molar-refractivity contribution in [2.45, 2.75) is 53.0 Å². The number of carbonyl (C=O) groups is 1. The van der Waals surface area contributed by atoms with Gasteiger partial charge in [-0.15, -0.1) is 0 Å². The SMILES string of the molecule is CCOc1ccccc1Cn1nc(COC(C)(C)C(=O)O)cc1-c1ccc2cnn(CC)c2c1. The summed E-state index contributed by atoms with van der Waals surface area (Å²) in [4.78, 5) is 11.5. The molecule has 4 rings (SSSR count). The van der Waals surface area contributed by atoms with Crippen molar-refractivity contribution >= 4 is 16.9 Å². The molecule has 178 valence electrons. The van der Waals surface area contributed by atoms with E-state index in [1.807, 2.05) is 52.8 Å². The van der Waals surface area contributed by atoms with Gasteiger partial charge in [0.1, 0.15) is 5.75 Å². The molecule has 0 fully saturated rings. The topological polar surface area (TPSA) is 91.4 Å². The van der Waals surface area contributed by atoms with Gasteiger partial charge in [-0.3, -0.25) is 9.36 Å². The number of aliphatic carboxylic acids is 1. The van der Waals surface area contributed by atoms with Crippen molar-refractivity contribution in [3.8, 4) is 17.0 Å². The van der Waals surface area contributed by atoms with Crippen LogP contribution < -0.4 is 4.74 Å². The molecule has 34 heavy (non-hydrogen) atoms. The first-order chi connectivity index (χ1) is 16.3. The number of nitrogens with zero attached hydrogens (tertiary/aromatic N) is 4. The van der Waals surface area contributed by atoms with E-state index < -0.39 is 11.6 Å². The molecule has 0 spiro atoms. The molecule has 2 heterocycles. The van der Waals surface area contributed by atoms with Crippen LogP contribution in [-0.4, -0.2) is 42.8 Å². The average molecular weight is 463 g/mol. The molecule has 0 aliphatic heterocycles. The van der Waals surface area contributed by atoms with Gasteiger partial charge in [-0.05, 0) is 45.9 Å². The van der Waals surface area contributed by atoms with Crippen LogP contribution in [0.15, 0.2) is 54.7 Å². The molecule has 0 atom stereocenters. The molecule has 2 aromatic heterocycles. The number of para-hydroxylation sites is 1. The summed E-state index contributed by atoms with van der Waals surface area (Å²) in [6, 6.07) is 16.1. The third-order valence-corrected chi connectivity index (χ3v) is 5.76. The number of rotatable bonds is 10. The van der Waals surface area contributed by atoms with Crippen LogP contribution in [0.4, 0.5) is 0 Å². The van der Waals surface area contributed by atoms with Gasteiger partial charge in [0, 0.05) is 23.1 Å². The minimum absolute atomic E-state index is 0.0849. The van der Waals surface area contributed by atoms with Crippen molar-refractivity contribution in [2.75, 3.05) is 6.61 Å². The summed E-state index contributed by atoms with van der Waals surface area (Å²) < 4.78 is 15.4. The summed E-state index contributed by atoms with van der Waals surface area (Å²) >= 11 is 0. The fourth-order valence-electron chi connectivity index (χ4n) is 3.78. The summed E-state index contributed by atoms with van der Waals surface area (Å²) in [5.41, 5.74) is 3.30. The van der Waals surface area contributed by atoms with Crippen molar-refractivity contribution in [1.29, 1.82) is 0 Å². The molecule has 0 aliphatic carbocycles. The molecule has 1 N–H and O–H groups in total. The number of aryl methyl sites for hydroxylation is 1. The minimum Gasteiger partial charge on any atom is -0.494 e. The van der Waals surface area contributed by atoms with E-state index in [4.69, 9.17) is 14.6 Å². The molecule has 0 aliphatic rings. The van der Waals surface area contributed by atoms with E-state index in [1.165, 1.54) is 13.8 Å². The maximum Gasteiger partial charge on any atom is 0.335 e. The Balaban J connectivity index is 1.75. The average Bonchev–Trinajstić information content (AvgIpc) is 3.42. The maximum absolute atomic E-state index is 11.5. The van der Waals surface area contributed by atoms with Crippen LogP contribution in [0.5, 0.6) is 5.75 Å². The van der Waals surface area contributed by atoms with E-state index >= 15 is 0 Å². The molecule has 0 amide bonds. The van der Waals surface area contributed by atoms with Gasteiger partial charge in [-0.2, -0.15) is 10.2 Å². The predicted octanol–water partition coefficient (Wildman–Crippen LogP) is 4.75. The molecule has 2 aromatic carbocycles. The van der Waals surface area contributed by atoms with Gasteiger partial charge in [0.25, 0.3) is 0 Å². The van der Waals surface area contributed by atoms with E-state index in [9.17, 15) is 9.90 Å². The van der Waals surface area contributed by atoms with Crippen LogP contribution in [0, 0.1) is 0 Å². The predicted molar refractivity (Wildman–Crippen MR) is 130 cm³/mol. The first-order valence-electron chi connectivity index (χ1n) is 11.4. The van der Waals surface area contributed by atoms with Crippen molar-refractivity contribution < 1.29 is 19.4 Å². The molecule has 0 radical (unpaired) electrons. The van der Waals surface area contributed by atoms with E-state index in [0.29, 0.717) is 18.8 Å². The molecule has 0 unspecified atom stereocenters. The zero-order valence-corrected chi connectivity index (χ0v) is 20.0. The van der Waals surface area contributed by atoms with Crippen molar-refractivity contribution in [3.05, 3.63) is 66.0 Å². The highest BCUT2D eigenvalue weighted by atomic mass is 16.5. The Morgan fingerprint density at radius 1 is 1.09 bits per heavy atom. The third kappa shape index (κ3) is 4.82. The molecule has 0 bridgehead atoms. The summed E-state index contributed by atoms with van der Waals surface area (Å²) in [7, 11) is 0. The summed E-state index contributed by atoms with van der Waals surface area (Å²) in [5.74, 6) is -0.202. The number of carboxylic acids is 1. The van der Waals surface area contributed by atoms with E-state index in [0.717, 1.165) is 40.0 Å². The second-order valence-electron chi connectivity index (χ2n) is 8.56. The number of carboxylic acid groups (broad SMARTS) is 1. The lowest BCUT2D eigenvalue weighted by molar-refractivity contribution is -0.162. The van der Waals surface area contributed by atoms with Gasteiger partial charge in [-0.1, -0.05) is 30.3 Å². The lowest BCUT2D eigenvalue weighted by Crippen LogP contribution is -2.34. The molecule has 4 aromatic rings. The fraction of sp³-hybridized carbons (Fsp3) is 0.346. The number of aromatic nitrogens is 4. The minimum atomic E-state index is -1.31. The van der Waals surface area contributed by atoms with Crippen LogP contribution in [0.3, 0.4) is 0 Å². The number of ether oxygens (including phenoxy) is 2. The fourth-order valence-corrected chi connectivity index (χ4v) is 3.78. The Labute approximate surface area is 198 Å². The highest BCUT2D eigenvalue weighted by Crippen LogP contribution is 2.28. The Kier molecular flexibility index (Phi) is 6.70. The first kappa shape index (κ1) is 23.5. The van der Waals surface area contributed by atoms with E-state index in [1.54, 1.807) is 0 Å². The Morgan fingerprint density at radius 2 is 1.88 bits per heavy atom. The monoisotopic (exact) mass is 462 g/mol. The van der Waals surface area contributed by atoms with Crippen LogP contribution in [0.25, 0.3) is 22.2 Å². The molecule has 8 nitrogen and oxygen atoms in total. The molecule has 8 heteroatoms. The van der Waals surface area contributed by atoms with Crippen LogP contribution in [0.1, 0.15) is 39.0 Å². The lowest BCUT2D eigenvalue weighted by Gasteiger charge is -2.19. The van der Waals surface area contributed by atoms with Gasteiger partial charge in [0.15, 0.2) is 5.60 Å². The van der Waals surface area contributed by atoms with Gasteiger partial charge < -0.3 is 14.6 Å². The van der Waals surface area contributed by atoms with Crippen LogP contribution in [0.2, 0.25) is 0 Å². The van der Waals surface area contributed by atoms with Gasteiger partial charge >= 0.3 is 5.97 Å². The van der Waals surface area contributed by atoms with Crippen molar-refractivity contribution in [1.82, 2.24) is 19.6 Å². The lowest BCUT2D eigenvalue weighted by atomic mass is 10.1. The zero-order chi connectivity index (χ0) is 24.3. The molecular weight excluding hydrogens is 432 g/mol. The largest absolute Gasteiger partial charge is 0.494 e. The highest BCUT2D eigenvalue weighted by Gasteiger charge is 2.28. The van der Waals surface area contributed by atoms with E-state index in [-0.39, 0.29) is 6.61 Å². The number of fused-ring (bicyclic) bond motifs is 1. The first-order valence-corrected chi connectivity index (χ1v) is 11.4. The van der Waals surface area contributed by atoms with Crippen LogP contribution >= 0.6 is 0 Å². The second kappa shape index (κ2) is 9.69. The number of benzene rings is 2. The van der Waals surface area contributed by atoms with Gasteiger partial charge in [0.2, 0.25) is 0 Å².